The zero-order chi connectivity index (χ0) is 18.0. The van der Waals surface area contributed by atoms with Crippen molar-refractivity contribution in [3.8, 4) is 0 Å². The van der Waals surface area contributed by atoms with Crippen molar-refractivity contribution in [2.75, 3.05) is 6.54 Å². The summed E-state index contributed by atoms with van der Waals surface area (Å²) >= 11 is 3.30. The lowest BCUT2D eigenvalue weighted by molar-refractivity contribution is -0.141. The highest BCUT2D eigenvalue weighted by Crippen LogP contribution is 2.42. The Labute approximate surface area is 151 Å². The third kappa shape index (κ3) is 4.62. The maximum absolute atomic E-state index is 12.8. The van der Waals surface area contributed by atoms with Crippen LogP contribution in [0.25, 0.3) is 0 Å². The summed E-state index contributed by atoms with van der Waals surface area (Å²) in [5, 5.41) is 6.47. The number of rotatable bonds is 6. The highest BCUT2D eigenvalue weighted by atomic mass is 79.9. The number of amides is 1. The number of hydrogen-bond acceptors (Lipinski definition) is 2. The normalized spacial score (nSPS) is 14.6. The lowest BCUT2D eigenvalue weighted by Gasteiger charge is -2.08. The molecular formula is C17H17BrF3N3O. The first-order chi connectivity index (χ1) is 11.8. The van der Waals surface area contributed by atoms with E-state index in [4.69, 9.17) is 0 Å². The first-order valence-corrected chi connectivity index (χ1v) is 8.82. The molecule has 0 spiro atoms. The summed E-state index contributed by atoms with van der Waals surface area (Å²) in [6.45, 7) is 0.725. The number of carbonyl (C=O) groups excluding carboxylic acids is 1. The molecule has 0 aliphatic heterocycles. The van der Waals surface area contributed by atoms with Gasteiger partial charge in [-0.2, -0.15) is 18.3 Å². The van der Waals surface area contributed by atoms with Crippen LogP contribution in [0.4, 0.5) is 13.2 Å². The molecule has 0 saturated heterocycles. The molecule has 1 amide bonds. The van der Waals surface area contributed by atoms with Gasteiger partial charge in [-0.25, -0.2) is 0 Å². The fourth-order valence-corrected chi connectivity index (χ4v) is 2.85. The molecule has 1 saturated carbocycles. The predicted molar refractivity (Wildman–Crippen MR) is 90.3 cm³/mol. The average molecular weight is 416 g/mol. The Bertz CT molecular complexity index is 751. The minimum atomic E-state index is -4.43. The molecule has 0 radical (unpaired) electrons. The van der Waals surface area contributed by atoms with Gasteiger partial charge in [0.1, 0.15) is 0 Å². The van der Waals surface area contributed by atoms with Crippen LogP contribution in [0.5, 0.6) is 0 Å². The molecule has 1 heterocycles. The molecular weight excluding hydrogens is 399 g/mol. The van der Waals surface area contributed by atoms with Crippen LogP contribution in [-0.2, 0) is 12.7 Å². The molecule has 1 aromatic carbocycles. The number of nitrogens with one attached hydrogen (secondary N) is 1. The van der Waals surface area contributed by atoms with Gasteiger partial charge in [0.2, 0.25) is 0 Å². The van der Waals surface area contributed by atoms with Crippen LogP contribution in [-0.4, -0.2) is 22.2 Å². The summed E-state index contributed by atoms with van der Waals surface area (Å²) in [5.74, 6) is -0.0210. The summed E-state index contributed by atoms with van der Waals surface area (Å²) in [4.78, 5) is 12.0. The van der Waals surface area contributed by atoms with E-state index in [0.717, 1.165) is 23.4 Å². The molecule has 1 N–H and O–H groups in total. The molecule has 1 fully saturated rings. The van der Waals surface area contributed by atoms with Gasteiger partial charge in [-0.3, -0.25) is 9.48 Å². The van der Waals surface area contributed by atoms with Crippen LogP contribution in [0.1, 0.15) is 46.9 Å². The SMILES string of the molecule is O=C(NCCCn1nc(C(F)(F)F)cc1C1CC1)c1ccc(Br)cc1. The van der Waals surface area contributed by atoms with Crippen molar-refractivity contribution < 1.29 is 18.0 Å². The van der Waals surface area contributed by atoms with E-state index in [1.165, 1.54) is 4.68 Å². The number of aromatic nitrogens is 2. The summed E-state index contributed by atoms with van der Waals surface area (Å²) in [5.41, 5.74) is 0.347. The molecule has 0 atom stereocenters. The van der Waals surface area contributed by atoms with Gasteiger partial charge in [-0.1, -0.05) is 15.9 Å². The zero-order valence-electron chi connectivity index (χ0n) is 13.3. The number of carbonyl (C=O) groups is 1. The molecule has 25 heavy (non-hydrogen) atoms. The van der Waals surface area contributed by atoms with Crippen molar-refractivity contribution >= 4 is 21.8 Å². The van der Waals surface area contributed by atoms with Crippen LogP contribution >= 0.6 is 15.9 Å². The monoisotopic (exact) mass is 415 g/mol. The number of benzene rings is 1. The highest BCUT2D eigenvalue weighted by Gasteiger charge is 2.37. The minimum absolute atomic E-state index is 0.181. The smallest absolute Gasteiger partial charge is 0.352 e. The largest absolute Gasteiger partial charge is 0.435 e. The van der Waals surface area contributed by atoms with Gasteiger partial charge >= 0.3 is 6.18 Å². The number of aryl methyl sites for hydroxylation is 1. The second-order valence-corrected chi connectivity index (χ2v) is 6.98. The Morgan fingerprint density at radius 3 is 2.56 bits per heavy atom. The minimum Gasteiger partial charge on any atom is -0.352 e. The number of hydrogen-bond donors (Lipinski definition) is 1. The van der Waals surface area contributed by atoms with E-state index in [2.05, 4.69) is 26.3 Å². The second kappa shape index (κ2) is 7.19. The number of nitrogens with zero attached hydrogens (tertiary/aromatic N) is 2. The van der Waals surface area contributed by atoms with Crippen molar-refractivity contribution in [3.05, 3.63) is 51.8 Å². The standard InChI is InChI=1S/C17H17BrF3N3O/c18-13-6-4-12(5-7-13)16(25)22-8-1-9-24-14(11-2-3-11)10-15(23-24)17(19,20)21/h4-7,10-11H,1-3,8-9H2,(H,22,25). The molecule has 3 rings (SSSR count). The van der Waals surface area contributed by atoms with Crippen LogP contribution in [0.3, 0.4) is 0 Å². The van der Waals surface area contributed by atoms with Gasteiger partial charge in [-0.15, -0.1) is 0 Å². The van der Waals surface area contributed by atoms with Crippen molar-refractivity contribution in [3.63, 3.8) is 0 Å². The third-order valence-corrected chi connectivity index (χ3v) is 4.56. The van der Waals surface area contributed by atoms with Crippen LogP contribution in [0.2, 0.25) is 0 Å². The van der Waals surface area contributed by atoms with Gasteiger partial charge in [0, 0.05) is 34.7 Å². The van der Waals surface area contributed by atoms with Gasteiger partial charge in [0.25, 0.3) is 5.91 Å². The molecule has 0 unspecified atom stereocenters. The Hall–Kier alpha value is -1.83. The quantitative estimate of drug-likeness (QED) is 0.712. The highest BCUT2D eigenvalue weighted by molar-refractivity contribution is 9.10. The molecule has 1 aliphatic carbocycles. The second-order valence-electron chi connectivity index (χ2n) is 6.07. The molecule has 8 heteroatoms. The van der Waals surface area contributed by atoms with Gasteiger partial charge in [0.15, 0.2) is 5.69 Å². The first kappa shape index (κ1) is 18.0. The van der Waals surface area contributed by atoms with E-state index in [1.54, 1.807) is 24.3 Å². The van der Waals surface area contributed by atoms with E-state index in [-0.39, 0.29) is 11.8 Å². The van der Waals surface area contributed by atoms with E-state index in [9.17, 15) is 18.0 Å². The maximum atomic E-state index is 12.8. The molecule has 2 aromatic rings. The van der Waals surface area contributed by atoms with Crippen LogP contribution in [0, 0.1) is 0 Å². The average Bonchev–Trinajstić information content (AvgIpc) is 3.30. The van der Waals surface area contributed by atoms with E-state index in [0.29, 0.717) is 30.8 Å². The Balaban J connectivity index is 1.54. The number of alkyl halides is 3. The maximum Gasteiger partial charge on any atom is 0.435 e. The molecule has 134 valence electrons. The van der Waals surface area contributed by atoms with E-state index in [1.807, 2.05) is 0 Å². The topological polar surface area (TPSA) is 46.9 Å². The zero-order valence-corrected chi connectivity index (χ0v) is 14.9. The summed E-state index contributed by atoms with van der Waals surface area (Å²) in [7, 11) is 0. The van der Waals surface area contributed by atoms with E-state index < -0.39 is 11.9 Å². The summed E-state index contributed by atoms with van der Waals surface area (Å²) < 4.78 is 40.8. The molecule has 1 aliphatic rings. The van der Waals surface area contributed by atoms with Crippen molar-refractivity contribution in [2.45, 2.75) is 37.9 Å². The van der Waals surface area contributed by atoms with Crippen molar-refractivity contribution in [1.82, 2.24) is 15.1 Å². The fraction of sp³-hybridized carbons (Fsp3) is 0.412. The summed E-state index contributed by atoms with van der Waals surface area (Å²) in [6.07, 6.45) is -2.10. The fourth-order valence-electron chi connectivity index (χ4n) is 2.59. The lowest BCUT2D eigenvalue weighted by Crippen LogP contribution is -2.25. The van der Waals surface area contributed by atoms with Gasteiger partial charge < -0.3 is 5.32 Å². The van der Waals surface area contributed by atoms with Crippen LogP contribution in [0.15, 0.2) is 34.8 Å². The van der Waals surface area contributed by atoms with Gasteiger partial charge in [0.05, 0.1) is 0 Å². The van der Waals surface area contributed by atoms with Crippen LogP contribution < -0.4 is 5.32 Å². The van der Waals surface area contributed by atoms with Crippen molar-refractivity contribution in [2.24, 2.45) is 0 Å². The molecule has 1 aromatic heterocycles. The third-order valence-electron chi connectivity index (χ3n) is 4.04. The molecule has 0 bridgehead atoms. The Kier molecular flexibility index (Phi) is 5.17. The van der Waals surface area contributed by atoms with Gasteiger partial charge in [-0.05, 0) is 49.6 Å². The van der Waals surface area contributed by atoms with E-state index >= 15 is 0 Å². The lowest BCUT2D eigenvalue weighted by atomic mass is 10.2. The predicted octanol–water partition coefficient (Wildman–Crippen LogP) is 4.36. The Morgan fingerprint density at radius 1 is 1.28 bits per heavy atom. The number of halogens is 4. The van der Waals surface area contributed by atoms with Crippen molar-refractivity contribution in [1.29, 1.82) is 0 Å². The molecule has 4 nitrogen and oxygen atoms in total. The summed E-state index contributed by atoms with van der Waals surface area (Å²) in [6, 6.07) is 8.11. The Morgan fingerprint density at radius 2 is 1.96 bits per heavy atom. The first-order valence-electron chi connectivity index (χ1n) is 8.03.